The number of aromatic nitrogens is 4. The molecule has 9 nitrogen and oxygen atoms in total. The van der Waals surface area contributed by atoms with E-state index in [1.165, 1.54) is 6.20 Å². The molecule has 4 N–H and O–H groups in total. The number of hydrogen-bond acceptors (Lipinski definition) is 7. The molecule has 0 spiro atoms. The average molecular weight is 506 g/mol. The third kappa shape index (κ3) is 5.53. The van der Waals surface area contributed by atoms with E-state index in [0.29, 0.717) is 54.9 Å². The summed E-state index contributed by atoms with van der Waals surface area (Å²) in [6.07, 6.45) is 3.88. The number of rotatable bonds is 8. The maximum atomic E-state index is 14.4. The molecule has 1 aliphatic rings. The lowest BCUT2D eigenvalue weighted by Crippen LogP contribution is -2.40. The highest BCUT2D eigenvalue weighted by Gasteiger charge is 2.31. The van der Waals surface area contributed by atoms with E-state index in [4.69, 9.17) is 0 Å². The Bertz CT molecular complexity index is 1220. The summed E-state index contributed by atoms with van der Waals surface area (Å²) >= 11 is 0. The Morgan fingerprint density at radius 1 is 1.11 bits per heavy atom. The first kappa shape index (κ1) is 25.7. The molecule has 1 amide bonds. The van der Waals surface area contributed by atoms with E-state index in [1.54, 1.807) is 11.5 Å². The maximum Gasteiger partial charge on any atom is 0.224 e. The van der Waals surface area contributed by atoms with Crippen molar-refractivity contribution in [3.8, 4) is 0 Å². The number of amides is 1. The van der Waals surface area contributed by atoms with Gasteiger partial charge in [-0.1, -0.05) is 0 Å². The lowest BCUT2D eigenvalue weighted by atomic mass is 9.85. The number of imidazole rings is 1. The van der Waals surface area contributed by atoms with Crippen LogP contribution < -0.4 is 16.0 Å². The maximum absolute atomic E-state index is 14.4. The van der Waals surface area contributed by atoms with Gasteiger partial charge in [0.2, 0.25) is 17.8 Å². The van der Waals surface area contributed by atoms with Gasteiger partial charge in [-0.05, 0) is 46.5 Å². The fourth-order valence-corrected chi connectivity index (χ4v) is 4.43. The van der Waals surface area contributed by atoms with Crippen LogP contribution in [-0.2, 0) is 4.79 Å². The van der Waals surface area contributed by atoms with Gasteiger partial charge in [-0.2, -0.15) is 4.98 Å². The van der Waals surface area contributed by atoms with E-state index >= 15 is 0 Å². The third-order valence-electron chi connectivity index (χ3n) is 6.19. The molecule has 0 saturated heterocycles. The highest BCUT2D eigenvalue weighted by atomic mass is 19.1. The molecule has 36 heavy (non-hydrogen) atoms. The molecule has 1 saturated carbocycles. The van der Waals surface area contributed by atoms with Gasteiger partial charge in [0.05, 0.1) is 12.8 Å². The third-order valence-corrected chi connectivity index (χ3v) is 6.19. The first-order valence-electron chi connectivity index (χ1n) is 12.0. The second-order valence-corrected chi connectivity index (χ2v) is 9.47. The quantitative estimate of drug-likeness (QED) is 0.365. The smallest absolute Gasteiger partial charge is 0.224 e. The minimum atomic E-state index is -1.09. The zero-order valence-corrected chi connectivity index (χ0v) is 20.4. The highest BCUT2D eigenvalue weighted by Crippen LogP contribution is 2.37. The summed E-state index contributed by atoms with van der Waals surface area (Å²) in [5.41, 5.74) is 0.374. The lowest BCUT2D eigenvalue weighted by Gasteiger charge is -2.30. The van der Waals surface area contributed by atoms with Crippen molar-refractivity contribution in [2.45, 2.75) is 64.6 Å². The standard InChI is InChI=1S/C24H30F3N7O2/c1-12(2)29-23-28-10-19-21(33-23)34(16-6-4-14(5-7-16)22(36)30-13(3)11-35)24(31-19)32-20-17(26)8-15(25)9-18(20)27/h8-10,12-14,16,35H,4-7,11H2,1-3H3,(H,30,36)(H,31,32)(H,28,29,33)/t13-,14-,16+/m0/s1. The minimum Gasteiger partial charge on any atom is -0.394 e. The summed E-state index contributed by atoms with van der Waals surface area (Å²) in [4.78, 5) is 25.9. The predicted molar refractivity (Wildman–Crippen MR) is 129 cm³/mol. The van der Waals surface area contributed by atoms with Gasteiger partial charge in [0.25, 0.3) is 0 Å². The molecule has 194 valence electrons. The van der Waals surface area contributed by atoms with Crippen LogP contribution in [0.1, 0.15) is 52.5 Å². The van der Waals surface area contributed by atoms with E-state index < -0.39 is 23.1 Å². The lowest BCUT2D eigenvalue weighted by molar-refractivity contribution is -0.127. The summed E-state index contributed by atoms with van der Waals surface area (Å²) < 4.78 is 44.1. The van der Waals surface area contributed by atoms with Gasteiger partial charge in [-0.15, -0.1) is 0 Å². The predicted octanol–water partition coefficient (Wildman–Crippen LogP) is 4.04. The first-order chi connectivity index (χ1) is 17.2. The summed E-state index contributed by atoms with van der Waals surface area (Å²) in [5, 5.41) is 17.8. The van der Waals surface area contributed by atoms with Gasteiger partial charge in [-0.25, -0.2) is 23.1 Å². The van der Waals surface area contributed by atoms with Crippen molar-refractivity contribution in [3.63, 3.8) is 0 Å². The van der Waals surface area contributed by atoms with Crippen molar-refractivity contribution in [2.75, 3.05) is 17.2 Å². The number of aliphatic hydroxyl groups excluding tert-OH is 1. The number of benzene rings is 1. The van der Waals surface area contributed by atoms with E-state index in [-0.39, 0.29) is 42.5 Å². The zero-order chi connectivity index (χ0) is 26.0. The van der Waals surface area contributed by atoms with E-state index in [1.807, 2.05) is 13.8 Å². The molecule has 0 bridgehead atoms. The van der Waals surface area contributed by atoms with Crippen LogP contribution >= 0.6 is 0 Å². The molecule has 0 radical (unpaired) electrons. The number of carbonyl (C=O) groups is 1. The topological polar surface area (TPSA) is 117 Å². The Balaban J connectivity index is 1.67. The van der Waals surface area contributed by atoms with Gasteiger partial charge >= 0.3 is 0 Å². The van der Waals surface area contributed by atoms with Crippen molar-refractivity contribution in [1.82, 2.24) is 24.8 Å². The molecular formula is C24H30F3N7O2. The molecule has 2 heterocycles. The molecule has 1 aliphatic carbocycles. The van der Waals surface area contributed by atoms with Crippen molar-refractivity contribution in [3.05, 3.63) is 35.8 Å². The molecule has 1 aromatic carbocycles. The molecule has 12 heteroatoms. The summed E-state index contributed by atoms with van der Waals surface area (Å²) in [6, 6.07) is 0.784. The number of fused-ring (bicyclic) bond motifs is 1. The zero-order valence-electron chi connectivity index (χ0n) is 20.4. The minimum absolute atomic E-state index is 0.0779. The fourth-order valence-electron chi connectivity index (χ4n) is 4.43. The number of aliphatic hydroxyl groups is 1. The van der Waals surface area contributed by atoms with Crippen molar-refractivity contribution in [1.29, 1.82) is 0 Å². The van der Waals surface area contributed by atoms with Crippen LogP contribution in [-0.4, -0.2) is 49.2 Å². The molecule has 2 aromatic heterocycles. The summed E-state index contributed by atoms with van der Waals surface area (Å²) in [5.74, 6) is -2.98. The molecule has 1 atom stereocenters. The Hall–Kier alpha value is -3.41. The molecule has 4 rings (SSSR count). The van der Waals surface area contributed by atoms with Crippen LogP contribution in [0.4, 0.5) is 30.8 Å². The van der Waals surface area contributed by atoms with Crippen molar-refractivity contribution in [2.24, 2.45) is 5.92 Å². The van der Waals surface area contributed by atoms with Crippen LogP contribution in [0.15, 0.2) is 18.3 Å². The van der Waals surface area contributed by atoms with Crippen LogP contribution in [0.3, 0.4) is 0 Å². The normalized spacial score (nSPS) is 18.9. The number of nitrogens with zero attached hydrogens (tertiary/aromatic N) is 4. The SMILES string of the molecule is CC(C)Nc1ncc2nc(Nc3c(F)cc(F)cc3F)n([C@H]3CC[C@@H](C(=O)N[C@@H](C)CO)CC3)c2n1. The molecule has 0 aliphatic heterocycles. The Morgan fingerprint density at radius 3 is 2.39 bits per heavy atom. The second-order valence-electron chi connectivity index (χ2n) is 9.47. The van der Waals surface area contributed by atoms with E-state index in [2.05, 4.69) is 30.9 Å². The van der Waals surface area contributed by atoms with E-state index in [9.17, 15) is 23.1 Å². The molecule has 1 fully saturated rings. The number of nitrogens with one attached hydrogen (secondary N) is 3. The van der Waals surface area contributed by atoms with Crippen LogP contribution in [0.25, 0.3) is 11.2 Å². The Morgan fingerprint density at radius 2 is 1.78 bits per heavy atom. The van der Waals surface area contributed by atoms with Gasteiger partial charge < -0.3 is 21.1 Å². The second kappa shape index (κ2) is 10.7. The number of hydrogen-bond donors (Lipinski definition) is 4. The van der Waals surface area contributed by atoms with Crippen LogP contribution in [0.2, 0.25) is 0 Å². The van der Waals surface area contributed by atoms with Gasteiger partial charge in [0, 0.05) is 36.2 Å². The Labute approximate surface area is 206 Å². The highest BCUT2D eigenvalue weighted by molar-refractivity contribution is 5.79. The van der Waals surface area contributed by atoms with Gasteiger partial charge in [-0.3, -0.25) is 9.36 Å². The summed E-state index contributed by atoms with van der Waals surface area (Å²) in [6.45, 7) is 5.49. The number of anilines is 3. The first-order valence-corrected chi connectivity index (χ1v) is 12.0. The largest absolute Gasteiger partial charge is 0.394 e. The molecular weight excluding hydrogens is 475 g/mol. The van der Waals surface area contributed by atoms with E-state index in [0.717, 1.165) is 0 Å². The van der Waals surface area contributed by atoms with Crippen molar-refractivity contribution < 1.29 is 23.1 Å². The number of halogens is 3. The monoisotopic (exact) mass is 505 g/mol. The molecule has 0 unspecified atom stereocenters. The van der Waals surface area contributed by atoms with Gasteiger partial charge in [0.1, 0.15) is 17.0 Å². The average Bonchev–Trinajstić information content (AvgIpc) is 3.18. The van der Waals surface area contributed by atoms with Crippen molar-refractivity contribution >= 4 is 34.7 Å². The van der Waals surface area contributed by atoms with Crippen LogP contribution in [0, 0.1) is 23.4 Å². The number of carbonyl (C=O) groups excluding carboxylic acids is 1. The van der Waals surface area contributed by atoms with Gasteiger partial charge in [0.15, 0.2) is 17.3 Å². The fraction of sp³-hybridized carbons (Fsp3) is 0.500. The summed E-state index contributed by atoms with van der Waals surface area (Å²) in [7, 11) is 0. The molecule has 3 aromatic rings. The van der Waals surface area contributed by atoms with Crippen LogP contribution in [0.5, 0.6) is 0 Å². The Kier molecular flexibility index (Phi) is 7.62.